The Morgan fingerprint density at radius 2 is 1.83 bits per heavy atom. The van der Waals surface area contributed by atoms with Crippen LogP contribution in [0.25, 0.3) is 0 Å². The highest BCUT2D eigenvalue weighted by Crippen LogP contribution is 2.29. The molecule has 1 aromatic rings. The van der Waals surface area contributed by atoms with Gasteiger partial charge >= 0.3 is 11.9 Å². The van der Waals surface area contributed by atoms with Gasteiger partial charge in [0.1, 0.15) is 12.1 Å². The van der Waals surface area contributed by atoms with E-state index in [0.29, 0.717) is 26.1 Å². The fourth-order valence-electron chi connectivity index (χ4n) is 3.80. The van der Waals surface area contributed by atoms with Gasteiger partial charge in [0, 0.05) is 12.5 Å². The van der Waals surface area contributed by atoms with Crippen LogP contribution in [0.5, 0.6) is 0 Å². The molecular weight excluding hydrogens is 380 g/mol. The number of carboxylic acid groups (broad SMARTS) is 2. The fourth-order valence-corrected chi connectivity index (χ4v) is 3.80. The number of carboxylic acids is 2. The fraction of sp³-hybridized carbons (Fsp3) is 0.550. The maximum absolute atomic E-state index is 12.6. The molecule has 1 amide bonds. The van der Waals surface area contributed by atoms with Crippen LogP contribution >= 0.6 is 0 Å². The first kappa shape index (κ1) is 21.2. The van der Waals surface area contributed by atoms with E-state index in [2.05, 4.69) is 5.32 Å². The second kappa shape index (κ2) is 9.82. The second-order valence-corrected chi connectivity index (χ2v) is 7.30. The van der Waals surface area contributed by atoms with Crippen molar-refractivity contribution in [2.24, 2.45) is 5.92 Å². The summed E-state index contributed by atoms with van der Waals surface area (Å²) in [5, 5.41) is 21.7. The summed E-state index contributed by atoms with van der Waals surface area (Å²) in [7, 11) is 0. The number of amides is 1. The van der Waals surface area contributed by atoms with Crippen LogP contribution in [-0.2, 0) is 30.3 Å². The minimum atomic E-state index is -1.09. The summed E-state index contributed by atoms with van der Waals surface area (Å²) in [6, 6.07) is 7.62. The molecule has 0 radical (unpaired) electrons. The molecule has 2 saturated heterocycles. The summed E-state index contributed by atoms with van der Waals surface area (Å²) in [4.78, 5) is 37.1. The number of likely N-dealkylation sites (tertiary alicyclic amines) is 1. The van der Waals surface area contributed by atoms with Crippen LogP contribution < -0.4 is 5.32 Å². The van der Waals surface area contributed by atoms with Crippen molar-refractivity contribution in [2.45, 2.75) is 37.6 Å². The number of hydrogen-bond donors (Lipinski definition) is 3. The Kier molecular flexibility index (Phi) is 7.18. The van der Waals surface area contributed by atoms with Gasteiger partial charge in [-0.3, -0.25) is 14.9 Å². The SMILES string of the molecule is O=C(O)[C@H](CCc1ccccc1)NCC(=O)N1C[C@@H](C2OCCO2)C[C@@H]1C(=O)O. The highest BCUT2D eigenvalue weighted by Gasteiger charge is 2.44. The zero-order valence-corrected chi connectivity index (χ0v) is 16.0. The zero-order valence-electron chi connectivity index (χ0n) is 16.0. The number of ether oxygens (including phenoxy) is 2. The van der Waals surface area contributed by atoms with Crippen LogP contribution in [0.3, 0.4) is 0 Å². The smallest absolute Gasteiger partial charge is 0.326 e. The molecule has 3 rings (SSSR count). The minimum absolute atomic E-state index is 0.212. The van der Waals surface area contributed by atoms with Crippen molar-refractivity contribution in [3.05, 3.63) is 35.9 Å². The molecule has 2 heterocycles. The average molecular weight is 406 g/mol. The normalized spacial score (nSPS) is 23.2. The number of carbonyl (C=O) groups excluding carboxylic acids is 1. The topological polar surface area (TPSA) is 125 Å². The first-order valence-electron chi connectivity index (χ1n) is 9.71. The lowest BCUT2D eigenvalue weighted by Gasteiger charge is -2.23. The van der Waals surface area contributed by atoms with Crippen molar-refractivity contribution in [3.63, 3.8) is 0 Å². The Labute approximate surface area is 168 Å². The van der Waals surface area contributed by atoms with Crippen molar-refractivity contribution >= 4 is 17.8 Å². The van der Waals surface area contributed by atoms with Gasteiger partial charge in [-0.25, -0.2) is 4.79 Å². The van der Waals surface area contributed by atoms with E-state index in [9.17, 15) is 24.6 Å². The summed E-state index contributed by atoms with van der Waals surface area (Å²) < 4.78 is 10.9. The molecule has 2 aliphatic heterocycles. The van der Waals surface area contributed by atoms with Gasteiger partial charge < -0.3 is 24.6 Å². The Balaban J connectivity index is 1.55. The molecule has 0 spiro atoms. The zero-order chi connectivity index (χ0) is 20.8. The number of nitrogens with zero attached hydrogens (tertiary/aromatic N) is 1. The maximum Gasteiger partial charge on any atom is 0.326 e. The van der Waals surface area contributed by atoms with Crippen LogP contribution in [0.15, 0.2) is 30.3 Å². The lowest BCUT2D eigenvalue weighted by atomic mass is 10.1. The van der Waals surface area contributed by atoms with Crippen LogP contribution in [-0.4, -0.2) is 77.6 Å². The standard InChI is InChI=1S/C20H26N2O7/c23-17(11-21-15(18(24)25)7-6-13-4-2-1-3-5-13)22-12-14(10-16(22)19(26)27)20-28-8-9-29-20/h1-5,14-16,20-21H,6-12H2,(H,24,25)(H,26,27)/t14-,15-,16+/m0/s1. The molecule has 1 aromatic carbocycles. The lowest BCUT2D eigenvalue weighted by molar-refractivity contribution is -0.148. The highest BCUT2D eigenvalue weighted by molar-refractivity contribution is 5.86. The maximum atomic E-state index is 12.6. The minimum Gasteiger partial charge on any atom is -0.480 e. The summed E-state index contributed by atoms with van der Waals surface area (Å²) in [6.07, 6.45) is 0.628. The van der Waals surface area contributed by atoms with Crippen molar-refractivity contribution in [2.75, 3.05) is 26.3 Å². The van der Waals surface area contributed by atoms with Gasteiger partial charge in [-0.1, -0.05) is 30.3 Å². The van der Waals surface area contributed by atoms with Crippen LogP contribution in [0, 0.1) is 5.92 Å². The van der Waals surface area contributed by atoms with Gasteiger partial charge in [-0.2, -0.15) is 0 Å². The summed E-state index contributed by atoms with van der Waals surface area (Å²) in [6.45, 7) is 0.880. The van der Waals surface area contributed by atoms with Gasteiger partial charge in [0.2, 0.25) is 5.91 Å². The Morgan fingerprint density at radius 3 is 2.45 bits per heavy atom. The van der Waals surface area contributed by atoms with Crippen molar-refractivity contribution < 1.29 is 34.1 Å². The van der Waals surface area contributed by atoms with Gasteiger partial charge in [0.15, 0.2) is 6.29 Å². The van der Waals surface area contributed by atoms with Crippen LogP contribution in [0.1, 0.15) is 18.4 Å². The molecule has 3 atom stereocenters. The van der Waals surface area contributed by atoms with Gasteiger partial charge in [0.25, 0.3) is 0 Å². The van der Waals surface area contributed by atoms with E-state index in [1.807, 2.05) is 30.3 Å². The largest absolute Gasteiger partial charge is 0.480 e. The molecule has 2 fully saturated rings. The van der Waals surface area contributed by atoms with Crippen molar-refractivity contribution in [1.82, 2.24) is 10.2 Å². The quantitative estimate of drug-likeness (QED) is 0.536. The summed E-state index contributed by atoms with van der Waals surface area (Å²) in [5.41, 5.74) is 1.01. The van der Waals surface area contributed by atoms with E-state index in [4.69, 9.17) is 9.47 Å². The van der Waals surface area contributed by atoms with Crippen molar-refractivity contribution in [1.29, 1.82) is 0 Å². The molecule has 0 saturated carbocycles. The predicted molar refractivity (Wildman–Crippen MR) is 101 cm³/mol. The first-order valence-corrected chi connectivity index (χ1v) is 9.71. The predicted octanol–water partition coefficient (Wildman–Crippen LogP) is 0.337. The van der Waals surface area contributed by atoms with Crippen LogP contribution in [0.2, 0.25) is 0 Å². The highest BCUT2D eigenvalue weighted by atomic mass is 16.7. The monoisotopic (exact) mass is 406 g/mol. The van der Waals surface area contributed by atoms with Crippen molar-refractivity contribution in [3.8, 4) is 0 Å². The van der Waals surface area contributed by atoms with Crippen LogP contribution in [0.4, 0.5) is 0 Å². The molecular formula is C20H26N2O7. The molecule has 0 unspecified atom stereocenters. The number of hydrogen-bond acceptors (Lipinski definition) is 6. The van der Waals surface area contributed by atoms with Gasteiger partial charge in [-0.15, -0.1) is 0 Å². The number of benzene rings is 1. The third-order valence-corrected chi connectivity index (χ3v) is 5.33. The molecule has 3 N–H and O–H groups in total. The van der Waals surface area contributed by atoms with E-state index in [1.54, 1.807) is 0 Å². The molecule has 9 heteroatoms. The van der Waals surface area contributed by atoms with Gasteiger partial charge in [0.05, 0.1) is 19.8 Å². The second-order valence-electron chi connectivity index (χ2n) is 7.30. The third kappa shape index (κ3) is 5.53. The molecule has 29 heavy (non-hydrogen) atoms. The Bertz CT molecular complexity index is 721. The van der Waals surface area contributed by atoms with E-state index < -0.39 is 36.2 Å². The van der Waals surface area contributed by atoms with Gasteiger partial charge in [-0.05, 0) is 24.8 Å². The van der Waals surface area contributed by atoms with E-state index in [0.717, 1.165) is 5.56 Å². The third-order valence-electron chi connectivity index (χ3n) is 5.33. The van der Waals surface area contributed by atoms with E-state index in [-0.39, 0.29) is 25.4 Å². The number of aryl methyl sites for hydroxylation is 1. The molecule has 2 aliphatic rings. The summed E-state index contributed by atoms with van der Waals surface area (Å²) in [5.74, 6) is -2.78. The molecule has 158 valence electrons. The van der Waals surface area contributed by atoms with E-state index >= 15 is 0 Å². The average Bonchev–Trinajstić information content (AvgIpc) is 3.38. The number of nitrogens with one attached hydrogen (secondary N) is 1. The molecule has 0 aliphatic carbocycles. The number of aliphatic carboxylic acids is 2. The molecule has 0 bridgehead atoms. The Hall–Kier alpha value is -2.49. The molecule has 9 nitrogen and oxygen atoms in total. The Morgan fingerprint density at radius 1 is 1.14 bits per heavy atom. The first-order chi connectivity index (χ1) is 14.0. The summed E-state index contributed by atoms with van der Waals surface area (Å²) >= 11 is 0. The lowest BCUT2D eigenvalue weighted by Crippen LogP contribution is -2.48. The molecule has 0 aromatic heterocycles. The number of rotatable bonds is 9. The number of carbonyl (C=O) groups is 3. The van der Waals surface area contributed by atoms with E-state index in [1.165, 1.54) is 4.90 Å².